The molecule has 23 heavy (non-hydrogen) atoms. The SMILES string of the molecule is COc1cc(C2=NOC(C#N)C2)ccc1OCc1ccccc1. The molecule has 0 saturated carbocycles. The van der Waals surface area contributed by atoms with E-state index in [1.165, 1.54) is 0 Å². The quantitative estimate of drug-likeness (QED) is 0.850. The van der Waals surface area contributed by atoms with Crippen LogP contribution in [-0.2, 0) is 11.4 Å². The minimum absolute atomic E-state index is 0.469. The summed E-state index contributed by atoms with van der Waals surface area (Å²) in [4.78, 5) is 5.03. The lowest BCUT2D eigenvalue weighted by atomic mass is 10.0. The average Bonchev–Trinajstić information content (AvgIpc) is 3.10. The minimum atomic E-state index is -0.509. The molecular formula is C18H16N2O3. The van der Waals surface area contributed by atoms with Crippen LogP contribution in [0.15, 0.2) is 53.7 Å². The Balaban J connectivity index is 1.74. The molecule has 3 rings (SSSR count). The van der Waals surface area contributed by atoms with E-state index >= 15 is 0 Å². The molecule has 0 saturated heterocycles. The third-order valence-corrected chi connectivity index (χ3v) is 3.55. The van der Waals surface area contributed by atoms with Gasteiger partial charge in [-0.3, -0.25) is 0 Å². The van der Waals surface area contributed by atoms with Crippen LogP contribution in [0.2, 0.25) is 0 Å². The molecule has 1 atom stereocenters. The lowest BCUT2D eigenvalue weighted by Gasteiger charge is -2.12. The maximum absolute atomic E-state index is 8.86. The van der Waals surface area contributed by atoms with Crippen LogP contribution in [0.5, 0.6) is 11.5 Å². The van der Waals surface area contributed by atoms with Crippen LogP contribution in [0.4, 0.5) is 0 Å². The Kier molecular flexibility index (Phi) is 4.44. The monoisotopic (exact) mass is 308 g/mol. The van der Waals surface area contributed by atoms with Crippen molar-refractivity contribution in [2.45, 2.75) is 19.1 Å². The van der Waals surface area contributed by atoms with E-state index in [0.29, 0.717) is 24.5 Å². The zero-order chi connectivity index (χ0) is 16.1. The fraction of sp³-hybridized carbons (Fsp3) is 0.222. The summed E-state index contributed by atoms with van der Waals surface area (Å²) in [6, 6.07) is 17.6. The van der Waals surface area contributed by atoms with Crippen molar-refractivity contribution in [3.05, 3.63) is 59.7 Å². The van der Waals surface area contributed by atoms with Gasteiger partial charge in [0.05, 0.1) is 12.8 Å². The van der Waals surface area contributed by atoms with Crippen LogP contribution in [0.25, 0.3) is 0 Å². The van der Waals surface area contributed by atoms with Crippen LogP contribution in [-0.4, -0.2) is 18.9 Å². The lowest BCUT2D eigenvalue weighted by Crippen LogP contribution is -2.05. The summed E-state index contributed by atoms with van der Waals surface area (Å²) in [7, 11) is 1.60. The molecule has 1 aliphatic heterocycles. The average molecular weight is 308 g/mol. The first-order valence-electron chi connectivity index (χ1n) is 7.27. The van der Waals surface area contributed by atoms with Gasteiger partial charge in [-0.15, -0.1) is 0 Å². The number of benzene rings is 2. The third-order valence-electron chi connectivity index (χ3n) is 3.55. The largest absolute Gasteiger partial charge is 0.493 e. The van der Waals surface area contributed by atoms with Gasteiger partial charge in [-0.05, 0) is 23.8 Å². The Morgan fingerprint density at radius 1 is 1.22 bits per heavy atom. The minimum Gasteiger partial charge on any atom is -0.493 e. The predicted octanol–water partition coefficient (Wildman–Crippen LogP) is 3.29. The summed E-state index contributed by atoms with van der Waals surface area (Å²) < 4.78 is 11.2. The highest BCUT2D eigenvalue weighted by molar-refractivity contribution is 6.02. The zero-order valence-corrected chi connectivity index (χ0v) is 12.7. The molecule has 5 heteroatoms. The summed E-state index contributed by atoms with van der Waals surface area (Å²) in [6.45, 7) is 0.469. The van der Waals surface area contributed by atoms with E-state index in [1.54, 1.807) is 7.11 Å². The number of ether oxygens (including phenoxy) is 2. The Bertz CT molecular complexity index is 751. The maximum Gasteiger partial charge on any atom is 0.218 e. The second-order valence-corrected chi connectivity index (χ2v) is 5.11. The van der Waals surface area contributed by atoms with Gasteiger partial charge >= 0.3 is 0 Å². The molecular weight excluding hydrogens is 292 g/mol. The Morgan fingerprint density at radius 2 is 2.04 bits per heavy atom. The van der Waals surface area contributed by atoms with E-state index in [0.717, 1.165) is 16.8 Å². The van der Waals surface area contributed by atoms with Crippen molar-refractivity contribution in [1.82, 2.24) is 0 Å². The first-order chi connectivity index (χ1) is 11.3. The number of hydrogen-bond donors (Lipinski definition) is 0. The molecule has 0 N–H and O–H groups in total. The maximum atomic E-state index is 8.86. The molecule has 0 spiro atoms. The highest BCUT2D eigenvalue weighted by atomic mass is 16.6. The zero-order valence-electron chi connectivity index (χ0n) is 12.7. The van der Waals surface area contributed by atoms with Gasteiger partial charge in [0.25, 0.3) is 0 Å². The Hall–Kier alpha value is -3.00. The van der Waals surface area contributed by atoms with Crippen LogP contribution < -0.4 is 9.47 Å². The summed E-state index contributed by atoms with van der Waals surface area (Å²) in [5.41, 5.74) is 2.69. The van der Waals surface area contributed by atoms with Gasteiger partial charge < -0.3 is 14.3 Å². The van der Waals surface area contributed by atoms with E-state index in [-0.39, 0.29) is 0 Å². The van der Waals surface area contributed by atoms with Crippen molar-refractivity contribution in [3.8, 4) is 17.6 Å². The Labute approximate surface area is 134 Å². The molecule has 0 bridgehead atoms. The van der Waals surface area contributed by atoms with Crippen molar-refractivity contribution in [2.75, 3.05) is 7.11 Å². The highest BCUT2D eigenvalue weighted by Crippen LogP contribution is 2.30. The van der Waals surface area contributed by atoms with Crippen molar-refractivity contribution >= 4 is 5.71 Å². The van der Waals surface area contributed by atoms with Gasteiger partial charge in [0.15, 0.2) is 11.5 Å². The number of nitriles is 1. The van der Waals surface area contributed by atoms with Crippen molar-refractivity contribution in [2.24, 2.45) is 5.16 Å². The number of oxime groups is 1. The molecule has 0 radical (unpaired) electrons. The normalized spacial score (nSPS) is 16.2. The molecule has 1 heterocycles. The van der Waals surface area contributed by atoms with E-state index in [4.69, 9.17) is 19.6 Å². The van der Waals surface area contributed by atoms with Crippen LogP contribution in [0.1, 0.15) is 17.5 Å². The predicted molar refractivity (Wildman–Crippen MR) is 85.4 cm³/mol. The van der Waals surface area contributed by atoms with Gasteiger partial charge in [-0.2, -0.15) is 5.26 Å². The summed E-state index contributed by atoms with van der Waals surface area (Å²) in [5, 5.41) is 12.8. The molecule has 1 unspecified atom stereocenters. The molecule has 0 fully saturated rings. The van der Waals surface area contributed by atoms with Crippen LogP contribution >= 0.6 is 0 Å². The van der Waals surface area contributed by atoms with Crippen molar-refractivity contribution in [1.29, 1.82) is 5.26 Å². The molecule has 1 aliphatic rings. The number of hydrogen-bond acceptors (Lipinski definition) is 5. The smallest absolute Gasteiger partial charge is 0.218 e. The fourth-order valence-electron chi connectivity index (χ4n) is 2.32. The topological polar surface area (TPSA) is 63.8 Å². The second kappa shape index (κ2) is 6.84. The number of methoxy groups -OCH3 is 1. The molecule has 5 nitrogen and oxygen atoms in total. The number of rotatable bonds is 5. The molecule has 0 aromatic heterocycles. The van der Waals surface area contributed by atoms with Crippen molar-refractivity contribution in [3.63, 3.8) is 0 Å². The van der Waals surface area contributed by atoms with Gasteiger partial charge in [0.2, 0.25) is 6.10 Å². The van der Waals surface area contributed by atoms with E-state index in [1.807, 2.05) is 54.6 Å². The molecule has 0 aliphatic carbocycles. The summed E-state index contributed by atoms with van der Waals surface area (Å²) >= 11 is 0. The van der Waals surface area contributed by atoms with Crippen LogP contribution in [0, 0.1) is 11.3 Å². The van der Waals surface area contributed by atoms with Crippen molar-refractivity contribution < 1.29 is 14.3 Å². The molecule has 2 aromatic carbocycles. The van der Waals surface area contributed by atoms with Gasteiger partial charge in [0, 0.05) is 12.0 Å². The number of nitrogens with zero attached hydrogens (tertiary/aromatic N) is 2. The summed E-state index contributed by atoms with van der Waals surface area (Å²) in [6.07, 6.45) is -0.0332. The molecule has 116 valence electrons. The first-order valence-corrected chi connectivity index (χ1v) is 7.27. The standard InChI is InChI=1S/C18H16N2O3/c1-21-18-9-14(16-10-15(11-19)23-20-16)7-8-17(18)22-12-13-5-3-2-4-6-13/h2-9,15H,10,12H2,1H3. The van der Waals surface area contributed by atoms with Gasteiger partial charge in [-0.1, -0.05) is 35.5 Å². The van der Waals surface area contributed by atoms with E-state index in [2.05, 4.69) is 5.16 Å². The van der Waals surface area contributed by atoms with Gasteiger partial charge in [-0.25, -0.2) is 0 Å². The molecule has 2 aromatic rings. The Morgan fingerprint density at radius 3 is 2.74 bits per heavy atom. The van der Waals surface area contributed by atoms with Crippen LogP contribution in [0.3, 0.4) is 0 Å². The van der Waals surface area contributed by atoms with E-state index in [9.17, 15) is 0 Å². The fourth-order valence-corrected chi connectivity index (χ4v) is 2.32. The first kappa shape index (κ1) is 14.9. The summed E-state index contributed by atoms with van der Waals surface area (Å²) in [5.74, 6) is 1.29. The second-order valence-electron chi connectivity index (χ2n) is 5.11. The van der Waals surface area contributed by atoms with E-state index < -0.39 is 6.10 Å². The third kappa shape index (κ3) is 3.43. The molecule has 0 amide bonds. The highest BCUT2D eigenvalue weighted by Gasteiger charge is 2.22. The van der Waals surface area contributed by atoms with Gasteiger partial charge in [0.1, 0.15) is 12.7 Å². The lowest BCUT2D eigenvalue weighted by molar-refractivity contribution is 0.125.